The van der Waals surface area contributed by atoms with E-state index in [1.54, 1.807) is 0 Å². The fraction of sp³-hybridized carbons (Fsp3) is 0.300. The van der Waals surface area contributed by atoms with Gasteiger partial charge in [0.05, 0.1) is 18.6 Å². The van der Waals surface area contributed by atoms with Crippen LogP contribution in [0.25, 0.3) is 0 Å². The summed E-state index contributed by atoms with van der Waals surface area (Å²) in [6, 6.07) is 9.50. The summed E-state index contributed by atoms with van der Waals surface area (Å²) in [5.74, 6) is 0. The Morgan fingerprint density at radius 2 is 2.33 bits per heavy atom. The van der Waals surface area contributed by atoms with E-state index >= 15 is 0 Å². The zero-order valence-corrected chi connectivity index (χ0v) is 6.99. The molecule has 0 spiro atoms. The lowest BCUT2D eigenvalue weighted by Crippen LogP contribution is -1.95. The van der Waals surface area contributed by atoms with E-state index in [0.29, 0.717) is 0 Å². The van der Waals surface area contributed by atoms with E-state index in [0.717, 1.165) is 11.1 Å². The number of aryl methyl sites for hydroxylation is 1. The van der Waals surface area contributed by atoms with Crippen LogP contribution in [0.2, 0.25) is 0 Å². The Hall–Kier alpha value is -1.33. The molecular weight excluding hydrogens is 150 g/mol. The second-order valence-electron chi connectivity index (χ2n) is 2.79. The molecule has 2 heteroatoms. The monoisotopic (exact) mass is 161 g/mol. The van der Waals surface area contributed by atoms with Gasteiger partial charge in [-0.3, -0.25) is 0 Å². The number of hydrogen-bond acceptors (Lipinski definition) is 2. The highest BCUT2D eigenvalue weighted by atomic mass is 16.3. The molecule has 0 aliphatic carbocycles. The molecule has 2 nitrogen and oxygen atoms in total. The first kappa shape index (κ1) is 8.76. The van der Waals surface area contributed by atoms with Crippen LogP contribution in [0, 0.1) is 18.3 Å². The summed E-state index contributed by atoms with van der Waals surface area (Å²) in [7, 11) is 0. The smallest absolute Gasteiger partial charge is 0.0920 e. The van der Waals surface area contributed by atoms with Gasteiger partial charge in [0.25, 0.3) is 0 Å². The minimum atomic E-state index is -0.644. The molecule has 12 heavy (non-hydrogen) atoms. The lowest BCUT2D eigenvalue weighted by molar-refractivity contribution is 0.183. The quantitative estimate of drug-likeness (QED) is 0.720. The molecule has 0 amide bonds. The first-order valence-corrected chi connectivity index (χ1v) is 3.85. The van der Waals surface area contributed by atoms with E-state index in [1.807, 2.05) is 37.3 Å². The number of nitriles is 1. The number of hydrogen-bond donors (Lipinski definition) is 1. The second kappa shape index (κ2) is 3.89. The summed E-state index contributed by atoms with van der Waals surface area (Å²) in [4.78, 5) is 0. The molecule has 0 unspecified atom stereocenters. The molecule has 0 aliphatic rings. The molecule has 0 heterocycles. The van der Waals surface area contributed by atoms with E-state index < -0.39 is 6.10 Å². The summed E-state index contributed by atoms with van der Waals surface area (Å²) < 4.78 is 0. The summed E-state index contributed by atoms with van der Waals surface area (Å²) >= 11 is 0. The van der Waals surface area contributed by atoms with Gasteiger partial charge in [-0.1, -0.05) is 29.8 Å². The van der Waals surface area contributed by atoms with Crippen LogP contribution in [0.3, 0.4) is 0 Å². The van der Waals surface area contributed by atoms with Crippen molar-refractivity contribution in [1.29, 1.82) is 5.26 Å². The molecule has 1 atom stereocenters. The van der Waals surface area contributed by atoms with Gasteiger partial charge < -0.3 is 5.11 Å². The van der Waals surface area contributed by atoms with Gasteiger partial charge in [0, 0.05) is 0 Å². The zero-order valence-electron chi connectivity index (χ0n) is 6.99. The van der Waals surface area contributed by atoms with Gasteiger partial charge in [-0.15, -0.1) is 0 Å². The molecule has 0 bridgehead atoms. The minimum absolute atomic E-state index is 0.156. The van der Waals surface area contributed by atoms with E-state index in [-0.39, 0.29) is 6.42 Å². The predicted octanol–water partition coefficient (Wildman–Crippen LogP) is 1.94. The van der Waals surface area contributed by atoms with E-state index in [1.165, 1.54) is 0 Å². The van der Waals surface area contributed by atoms with E-state index in [4.69, 9.17) is 5.26 Å². The van der Waals surface area contributed by atoms with Gasteiger partial charge in [0.1, 0.15) is 0 Å². The Morgan fingerprint density at radius 3 is 2.92 bits per heavy atom. The largest absolute Gasteiger partial charge is 0.387 e. The third-order valence-corrected chi connectivity index (χ3v) is 1.71. The third kappa shape index (κ3) is 2.08. The molecule has 1 aromatic rings. The van der Waals surface area contributed by atoms with Gasteiger partial charge in [0.15, 0.2) is 0 Å². The number of nitrogens with zero attached hydrogens (tertiary/aromatic N) is 1. The maximum absolute atomic E-state index is 9.42. The van der Waals surface area contributed by atoms with E-state index in [2.05, 4.69) is 0 Å². The van der Waals surface area contributed by atoms with Crippen LogP contribution in [0.4, 0.5) is 0 Å². The molecule has 0 aliphatic heterocycles. The molecule has 62 valence electrons. The number of aliphatic hydroxyl groups is 1. The van der Waals surface area contributed by atoms with Crippen molar-refractivity contribution in [2.45, 2.75) is 19.4 Å². The Labute approximate surface area is 72.1 Å². The molecule has 0 radical (unpaired) electrons. The van der Waals surface area contributed by atoms with Crippen molar-refractivity contribution in [1.82, 2.24) is 0 Å². The van der Waals surface area contributed by atoms with Gasteiger partial charge in [-0.05, 0) is 12.5 Å². The van der Waals surface area contributed by atoms with Crippen LogP contribution in [0.1, 0.15) is 23.7 Å². The Bertz CT molecular complexity index is 301. The van der Waals surface area contributed by atoms with Crippen molar-refractivity contribution in [3.05, 3.63) is 35.4 Å². The molecule has 1 aromatic carbocycles. The van der Waals surface area contributed by atoms with Crippen LogP contribution >= 0.6 is 0 Å². The zero-order chi connectivity index (χ0) is 8.97. The average molecular weight is 161 g/mol. The number of aliphatic hydroxyl groups excluding tert-OH is 1. The summed E-state index contributed by atoms with van der Waals surface area (Å²) in [5, 5.41) is 17.8. The van der Waals surface area contributed by atoms with Crippen LogP contribution in [-0.4, -0.2) is 5.11 Å². The molecule has 0 saturated heterocycles. The fourth-order valence-electron chi connectivity index (χ4n) is 1.08. The molecule has 1 N–H and O–H groups in total. The van der Waals surface area contributed by atoms with Crippen molar-refractivity contribution >= 4 is 0 Å². The molecule has 1 rings (SSSR count). The fourth-order valence-corrected chi connectivity index (χ4v) is 1.08. The Balaban J connectivity index is 2.82. The Morgan fingerprint density at radius 1 is 1.58 bits per heavy atom. The highest BCUT2D eigenvalue weighted by molar-refractivity contribution is 5.24. The van der Waals surface area contributed by atoms with Crippen LogP contribution in [0.15, 0.2) is 24.3 Å². The van der Waals surface area contributed by atoms with Gasteiger partial charge in [-0.2, -0.15) is 5.26 Å². The van der Waals surface area contributed by atoms with Crippen molar-refractivity contribution in [2.75, 3.05) is 0 Å². The minimum Gasteiger partial charge on any atom is -0.387 e. The summed E-state index contributed by atoms with van der Waals surface area (Å²) in [6.07, 6.45) is -0.487. The normalized spacial score (nSPS) is 12.1. The number of rotatable bonds is 2. The lowest BCUT2D eigenvalue weighted by atomic mass is 10.1. The first-order chi connectivity index (χ1) is 5.74. The second-order valence-corrected chi connectivity index (χ2v) is 2.79. The van der Waals surface area contributed by atoms with Gasteiger partial charge in [-0.25, -0.2) is 0 Å². The Kier molecular flexibility index (Phi) is 2.84. The topological polar surface area (TPSA) is 44.0 Å². The molecule has 0 fully saturated rings. The van der Waals surface area contributed by atoms with Gasteiger partial charge >= 0.3 is 0 Å². The maximum atomic E-state index is 9.42. The number of benzene rings is 1. The van der Waals surface area contributed by atoms with Crippen LogP contribution < -0.4 is 0 Å². The predicted molar refractivity (Wildman–Crippen MR) is 46.4 cm³/mol. The lowest BCUT2D eigenvalue weighted by Gasteiger charge is -2.06. The van der Waals surface area contributed by atoms with Crippen molar-refractivity contribution in [2.24, 2.45) is 0 Å². The highest BCUT2D eigenvalue weighted by Crippen LogP contribution is 2.16. The third-order valence-electron chi connectivity index (χ3n) is 1.71. The van der Waals surface area contributed by atoms with Crippen LogP contribution in [-0.2, 0) is 0 Å². The maximum Gasteiger partial charge on any atom is 0.0920 e. The SMILES string of the molecule is Cc1cccc([C@@H](O)CC#N)c1. The summed E-state index contributed by atoms with van der Waals surface area (Å²) in [6.45, 7) is 1.96. The van der Waals surface area contributed by atoms with Gasteiger partial charge in [0.2, 0.25) is 0 Å². The molecular formula is C10H11NO. The highest BCUT2D eigenvalue weighted by Gasteiger charge is 2.05. The van der Waals surface area contributed by atoms with Crippen molar-refractivity contribution < 1.29 is 5.11 Å². The van der Waals surface area contributed by atoms with E-state index in [9.17, 15) is 5.11 Å². The standard InChI is InChI=1S/C10H11NO/c1-8-3-2-4-9(7-8)10(12)5-6-11/h2-4,7,10,12H,5H2,1H3/t10-/m0/s1. The van der Waals surface area contributed by atoms with Crippen molar-refractivity contribution in [3.8, 4) is 6.07 Å². The molecule has 0 saturated carbocycles. The van der Waals surface area contributed by atoms with Crippen molar-refractivity contribution in [3.63, 3.8) is 0 Å². The average Bonchev–Trinajstić information content (AvgIpc) is 2.05. The summed E-state index contributed by atoms with van der Waals surface area (Å²) in [5.41, 5.74) is 1.92. The first-order valence-electron chi connectivity index (χ1n) is 3.85. The van der Waals surface area contributed by atoms with Crippen LogP contribution in [0.5, 0.6) is 0 Å². The molecule has 0 aromatic heterocycles.